The number of anilines is 2. The third-order valence-electron chi connectivity index (χ3n) is 6.65. The van der Waals surface area contributed by atoms with Crippen molar-refractivity contribution in [2.24, 2.45) is 5.92 Å². The van der Waals surface area contributed by atoms with E-state index in [4.69, 9.17) is 0 Å². The summed E-state index contributed by atoms with van der Waals surface area (Å²) in [4.78, 5) is 27.5. The molecule has 5 nitrogen and oxygen atoms in total. The molecule has 0 bridgehead atoms. The molecule has 1 saturated carbocycles. The lowest BCUT2D eigenvalue weighted by molar-refractivity contribution is -0.120. The molecule has 1 aliphatic rings. The van der Waals surface area contributed by atoms with Crippen molar-refractivity contribution < 1.29 is 9.59 Å². The predicted octanol–water partition coefficient (Wildman–Crippen LogP) is 6.49. The van der Waals surface area contributed by atoms with Crippen LogP contribution in [0.5, 0.6) is 0 Å². The van der Waals surface area contributed by atoms with Gasteiger partial charge in [-0.05, 0) is 92.5 Å². The number of nitrogens with zero attached hydrogens (tertiary/aromatic N) is 1. The number of carbonyl (C=O) groups is 2. The highest BCUT2D eigenvalue weighted by Gasteiger charge is 2.21. The predicted molar refractivity (Wildman–Crippen MR) is 144 cm³/mol. The normalized spacial score (nSPS) is 14.1. The molecular formula is C30H35N3O2. The number of carbonyl (C=O) groups excluding carboxylic acids is 2. The summed E-state index contributed by atoms with van der Waals surface area (Å²) in [6, 6.07) is 21.6. The second kappa shape index (κ2) is 11.3. The van der Waals surface area contributed by atoms with Crippen molar-refractivity contribution in [2.45, 2.75) is 45.6 Å². The first-order valence-corrected chi connectivity index (χ1v) is 12.5. The van der Waals surface area contributed by atoms with Crippen LogP contribution in [-0.4, -0.2) is 30.8 Å². The third-order valence-corrected chi connectivity index (χ3v) is 6.65. The minimum absolute atomic E-state index is 0.121. The molecule has 4 rings (SSSR count). The standard InChI is InChI=1S/C30H35N3O2/c1-21-9-16-27(32-29(34)24-7-5-4-6-8-24)19-28(21)23-12-14-25(15-13-23)30(35)31-26-17-10-22(11-18-26)20-33(2)3/h9-19,24H,4-8,20H2,1-3H3,(H,31,35)(H,32,34). The Morgan fingerprint density at radius 3 is 2.14 bits per heavy atom. The van der Waals surface area contributed by atoms with E-state index in [1.165, 1.54) is 12.0 Å². The van der Waals surface area contributed by atoms with Crippen LogP contribution < -0.4 is 10.6 Å². The number of amides is 2. The molecule has 1 aliphatic carbocycles. The fourth-order valence-corrected chi connectivity index (χ4v) is 4.68. The molecule has 3 aromatic carbocycles. The summed E-state index contributed by atoms with van der Waals surface area (Å²) in [6.45, 7) is 2.92. The van der Waals surface area contributed by atoms with E-state index in [0.29, 0.717) is 5.56 Å². The molecule has 0 atom stereocenters. The Labute approximate surface area is 208 Å². The Bertz CT molecular complexity index is 1160. The zero-order valence-corrected chi connectivity index (χ0v) is 20.9. The number of nitrogens with one attached hydrogen (secondary N) is 2. The van der Waals surface area contributed by atoms with Crippen molar-refractivity contribution in [1.82, 2.24) is 4.90 Å². The third kappa shape index (κ3) is 6.58. The molecule has 0 aromatic heterocycles. The van der Waals surface area contributed by atoms with Crippen LogP contribution >= 0.6 is 0 Å². The van der Waals surface area contributed by atoms with Crippen LogP contribution in [0.3, 0.4) is 0 Å². The largest absolute Gasteiger partial charge is 0.326 e. The maximum atomic E-state index is 12.8. The highest BCUT2D eigenvalue weighted by molar-refractivity contribution is 6.04. The van der Waals surface area contributed by atoms with E-state index in [1.807, 2.05) is 80.8 Å². The van der Waals surface area contributed by atoms with Crippen molar-refractivity contribution in [3.8, 4) is 11.1 Å². The lowest BCUT2D eigenvalue weighted by Crippen LogP contribution is -2.24. The van der Waals surface area contributed by atoms with Gasteiger partial charge < -0.3 is 15.5 Å². The molecule has 2 amide bonds. The molecule has 5 heteroatoms. The topological polar surface area (TPSA) is 61.4 Å². The Hall–Kier alpha value is -3.44. The molecule has 0 unspecified atom stereocenters. The smallest absolute Gasteiger partial charge is 0.255 e. The molecule has 182 valence electrons. The molecule has 0 spiro atoms. The highest BCUT2D eigenvalue weighted by atomic mass is 16.2. The zero-order valence-electron chi connectivity index (χ0n) is 20.9. The van der Waals surface area contributed by atoms with Crippen LogP contribution in [0, 0.1) is 12.8 Å². The molecule has 2 N–H and O–H groups in total. The quantitative estimate of drug-likeness (QED) is 0.415. The Morgan fingerprint density at radius 2 is 1.49 bits per heavy atom. The van der Waals surface area contributed by atoms with Gasteiger partial charge in [-0.25, -0.2) is 0 Å². The Morgan fingerprint density at radius 1 is 0.829 bits per heavy atom. The van der Waals surface area contributed by atoms with E-state index < -0.39 is 0 Å². The minimum atomic E-state index is -0.137. The first-order chi connectivity index (χ1) is 16.9. The van der Waals surface area contributed by atoms with Crippen molar-refractivity contribution in [3.05, 3.63) is 83.4 Å². The van der Waals surface area contributed by atoms with Crippen LogP contribution in [-0.2, 0) is 11.3 Å². The summed E-state index contributed by atoms with van der Waals surface area (Å²) in [5.74, 6) is 0.110. The molecule has 1 fully saturated rings. The monoisotopic (exact) mass is 469 g/mol. The van der Waals surface area contributed by atoms with Crippen LogP contribution in [0.2, 0.25) is 0 Å². The number of hydrogen-bond acceptors (Lipinski definition) is 3. The van der Waals surface area contributed by atoms with E-state index in [-0.39, 0.29) is 17.7 Å². The maximum absolute atomic E-state index is 12.8. The number of benzene rings is 3. The lowest BCUT2D eigenvalue weighted by atomic mass is 9.88. The average molecular weight is 470 g/mol. The van der Waals surface area contributed by atoms with E-state index in [9.17, 15) is 9.59 Å². The van der Waals surface area contributed by atoms with E-state index in [2.05, 4.69) is 22.5 Å². The van der Waals surface area contributed by atoms with E-state index in [1.54, 1.807) is 0 Å². The summed E-state index contributed by atoms with van der Waals surface area (Å²) in [5, 5.41) is 6.09. The second-order valence-corrected chi connectivity index (χ2v) is 9.82. The molecule has 0 aliphatic heterocycles. The molecule has 0 heterocycles. The summed E-state index contributed by atoms with van der Waals surface area (Å²) in [5.41, 5.74) is 6.58. The average Bonchev–Trinajstić information content (AvgIpc) is 2.86. The Kier molecular flexibility index (Phi) is 7.98. The number of aryl methyl sites for hydroxylation is 1. The molecule has 3 aromatic rings. The van der Waals surface area contributed by atoms with Gasteiger partial charge in [-0.3, -0.25) is 9.59 Å². The molecule has 0 radical (unpaired) electrons. The van der Waals surface area contributed by atoms with Crippen LogP contribution in [0.1, 0.15) is 53.6 Å². The molecule has 35 heavy (non-hydrogen) atoms. The summed E-state index contributed by atoms with van der Waals surface area (Å²) >= 11 is 0. The van der Waals surface area contributed by atoms with Gasteiger partial charge in [-0.1, -0.05) is 49.6 Å². The fourth-order valence-electron chi connectivity index (χ4n) is 4.68. The van der Waals surface area contributed by atoms with Gasteiger partial charge >= 0.3 is 0 Å². The summed E-state index contributed by atoms with van der Waals surface area (Å²) in [7, 11) is 4.06. The van der Waals surface area contributed by atoms with E-state index in [0.717, 1.165) is 60.3 Å². The SMILES string of the molecule is Cc1ccc(NC(=O)C2CCCCC2)cc1-c1ccc(C(=O)Nc2ccc(CN(C)C)cc2)cc1. The van der Waals surface area contributed by atoms with E-state index >= 15 is 0 Å². The minimum Gasteiger partial charge on any atom is -0.326 e. The highest BCUT2D eigenvalue weighted by Crippen LogP contribution is 2.29. The van der Waals surface area contributed by atoms with Gasteiger partial charge in [-0.2, -0.15) is 0 Å². The lowest BCUT2D eigenvalue weighted by Gasteiger charge is -2.21. The summed E-state index contributed by atoms with van der Waals surface area (Å²) in [6.07, 6.45) is 5.47. The fraction of sp³-hybridized carbons (Fsp3) is 0.333. The second-order valence-electron chi connectivity index (χ2n) is 9.82. The van der Waals surface area contributed by atoms with Crippen molar-refractivity contribution >= 4 is 23.2 Å². The van der Waals surface area contributed by atoms with Crippen LogP contribution in [0.4, 0.5) is 11.4 Å². The molecular weight excluding hydrogens is 434 g/mol. The zero-order chi connectivity index (χ0) is 24.8. The van der Waals surface area contributed by atoms with Gasteiger partial charge in [0.05, 0.1) is 0 Å². The van der Waals surface area contributed by atoms with Gasteiger partial charge in [-0.15, -0.1) is 0 Å². The molecule has 0 saturated heterocycles. The maximum Gasteiger partial charge on any atom is 0.255 e. The first kappa shape index (κ1) is 24.7. The van der Waals surface area contributed by atoms with Crippen molar-refractivity contribution in [2.75, 3.05) is 24.7 Å². The van der Waals surface area contributed by atoms with Gasteiger partial charge in [0.1, 0.15) is 0 Å². The van der Waals surface area contributed by atoms with Gasteiger partial charge in [0, 0.05) is 29.4 Å². The van der Waals surface area contributed by atoms with Crippen LogP contribution in [0.15, 0.2) is 66.7 Å². The number of hydrogen-bond donors (Lipinski definition) is 2. The van der Waals surface area contributed by atoms with Gasteiger partial charge in [0.15, 0.2) is 0 Å². The summed E-state index contributed by atoms with van der Waals surface area (Å²) < 4.78 is 0. The first-order valence-electron chi connectivity index (χ1n) is 12.5. The number of rotatable bonds is 7. The van der Waals surface area contributed by atoms with Crippen molar-refractivity contribution in [3.63, 3.8) is 0 Å². The Balaban J connectivity index is 1.42. The van der Waals surface area contributed by atoms with Crippen molar-refractivity contribution in [1.29, 1.82) is 0 Å². The van der Waals surface area contributed by atoms with Gasteiger partial charge in [0.2, 0.25) is 5.91 Å². The van der Waals surface area contributed by atoms with Crippen LogP contribution in [0.25, 0.3) is 11.1 Å². The van der Waals surface area contributed by atoms with Gasteiger partial charge in [0.25, 0.3) is 5.91 Å².